The number of hydrogen-bond donors (Lipinski definition) is 2. The number of ether oxygens (including phenoxy) is 1. The molecule has 0 spiro atoms. The average Bonchev–Trinajstić information content (AvgIpc) is 2.51. The fourth-order valence-corrected chi connectivity index (χ4v) is 3.30. The molecule has 0 aliphatic heterocycles. The fourth-order valence-electron chi connectivity index (χ4n) is 3.30. The Balaban J connectivity index is 1.74. The van der Waals surface area contributed by atoms with Gasteiger partial charge in [-0.15, -0.1) is 0 Å². The van der Waals surface area contributed by atoms with E-state index in [1.807, 2.05) is 25.1 Å². The maximum absolute atomic E-state index is 11.8. The first-order chi connectivity index (χ1) is 10.7. The van der Waals surface area contributed by atoms with Crippen LogP contribution in [0.25, 0.3) is 10.8 Å². The molecule has 0 amide bonds. The van der Waals surface area contributed by atoms with Gasteiger partial charge in [0, 0.05) is 17.6 Å². The monoisotopic (exact) mass is 300 g/mol. The molecule has 0 radical (unpaired) electrons. The zero-order chi connectivity index (χ0) is 15.5. The number of aryl methyl sites for hydroxylation is 1. The van der Waals surface area contributed by atoms with Crippen LogP contribution < -0.4 is 15.6 Å². The molecule has 4 heteroatoms. The largest absolute Gasteiger partial charge is 0.490 e. The summed E-state index contributed by atoms with van der Waals surface area (Å²) in [7, 11) is 0. The highest BCUT2D eigenvalue weighted by Gasteiger charge is 2.22. The molecule has 1 saturated carbocycles. The van der Waals surface area contributed by atoms with Crippen molar-refractivity contribution in [2.24, 2.45) is 0 Å². The van der Waals surface area contributed by atoms with Gasteiger partial charge >= 0.3 is 0 Å². The summed E-state index contributed by atoms with van der Waals surface area (Å²) in [5.41, 5.74) is 0.983. The van der Waals surface area contributed by atoms with E-state index >= 15 is 0 Å². The summed E-state index contributed by atoms with van der Waals surface area (Å²) in [4.78, 5) is 14.5. The van der Waals surface area contributed by atoms with Crippen LogP contribution in [0.15, 0.2) is 29.2 Å². The average molecular weight is 300 g/mol. The lowest BCUT2D eigenvalue weighted by atomic mass is 9.93. The van der Waals surface area contributed by atoms with Gasteiger partial charge in [0.2, 0.25) is 0 Å². The van der Waals surface area contributed by atoms with E-state index in [2.05, 4.69) is 17.2 Å². The number of benzene rings is 1. The molecular formula is C18H24N2O2. The standard InChI is InChI=1S/C18H24N2O2/c1-3-19-14-4-6-15(7-5-14)22-17-11-13-8-9-20-18(21)16(13)10-12(17)2/h8-11,14-15,19H,3-7H2,1-2H3,(H,20,21)/t14-,15+. The van der Waals surface area contributed by atoms with Crippen molar-refractivity contribution in [2.75, 3.05) is 6.54 Å². The van der Waals surface area contributed by atoms with Crippen LogP contribution in [0.3, 0.4) is 0 Å². The quantitative estimate of drug-likeness (QED) is 0.912. The van der Waals surface area contributed by atoms with Crippen LogP contribution >= 0.6 is 0 Å². The number of aromatic nitrogens is 1. The number of pyridine rings is 1. The first kappa shape index (κ1) is 15.1. The second-order valence-corrected chi connectivity index (χ2v) is 6.16. The molecule has 1 heterocycles. The summed E-state index contributed by atoms with van der Waals surface area (Å²) in [6, 6.07) is 6.48. The number of fused-ring (bicyclic) bond motifs is 1. The van der Waals surface area contributed by atoms with Crippen molar-refractivity contribution >= 4 is 10.8 Å². The van der Waals surface area contributed by atoms with Gasteiger partial charge in [-0.1, -0.05) is 6.92 Å². The van der Waals surface area contributed by atoms with E-state index in [9.17, 15) is 4.79 Å². The van der Waals surface area contributed by atoms with Gasteiger partial charge in [0.1, 0.15) is 5.75 Å². The molecule has 22 heavy (non-hydrogen) atoms. The SMILES string of the molecule is CCN[C@H]1CC[C@@H](Oc2cc3cc[nH]c(=O)c3cc2C)CC1. The summed E-state index contributed by atoms with van der Waals surface area (Å²) in [6.07, 6.45) is 6.49. The Hall–Kier alpha value is -1.81. The van der Waals surface area contributed by atoms with Crippen molar-refractivity contribution in [3.05, 3.63) is 40.3 Å². The summed E-state index contributed by atoms with van der Waals surface area (Å²) >= 11 is 0. The smallest absolute Gasteiger partial charge is 0.255 e. The van der Waals surface area contributed by atoms with E-state index in [0.29, 0.717) is 6.04 Å². The van der Waals surface area contributed by atoms with Gasteiger partial charge in [-0.2, -0.15) is 0 Å². The molecule has 2 aromatic rings. The van der Waals surface area contributed by atoms with Crippen LogP contribution in [0.5, 0.6) is 5.75 Å². The Labute approximate surface area is 130 Å². The molecule has 1 aromatic carbocycles. The molecule has 1 aliphatic rings. The Morgan fingerprint density at radius 3 is 2.77 bits per heavy atom. The van der Waals surface area contributed by atoms with Crippen molar-refractivity contribution in [1.82, 2.24) is 10.3 Å². The van der Waals surface area contributed by atoms with Crippen molar-refractivity contribution in [2.45, 2.75) is 51.7 Å². The van der Waals surface area contributed by atoms with Crippen molar-refractivity contribution in [3.63, 3.8) is 0 Å². The van der Waals surface area contributed by atoms with Crippen LogP contribution in [-0.4, -0.2) is 23.7 Å². The highest BCUT2D eigenvalue weighted by atomic mass is 16.5. The van der Waals surface area contributed by atoms with Crippen molar-refractivity contribution in [3.8, 4) is 5.75 Å². The van der Waals surface area contributed by atoms with E-state index in [1.54, 1.807) is 6.20 Å². The van der Waals surface area contributed by atoms with Gasteiger partial charge in [-0.3, -0.25) is 4.79 Å². The zero-order valence-electron chi connectivity index (χ0n) is 13.3. The third-order valence-corrected chi connectivity index (χ3v) is 4.53. The maximum atomic E-state index is 11.8. The number of H-pyrrole nitrogens is 1. The lowest BCUT2D eigenvalue weighted by Crippen LogP contribution is -2.36. The molecule has 1 aromatic heterocycles. The van der Waals surface area contributed by atoms with Gasteiger partial charge in [-0.05, 0) is 68.3 Å². The molecular weight excluding hydrogens is 276 g/mol. The second-order valence-electron chi connectivity index (χ2n) is 6.16. The Morgan fingerprint density at radius 2 is 2.05 bits per heavy atom. The third kappa shape index (κ3) is 3.17. The molecule has 1 aliphatic carbocycles. The van der Waals surface area contributed by atoms with Gasteiger partial charge < -0.3 is 15.0 Å². The van der Waals surface area contributed by atoms with E-state index in [1.165, 1.54) is 12.8 Å². The normalized spacial score (nSPS) is 21.9. The first-order valence-corrected chi connectivity index (χ1v) is 8.19. The van der Waals surface area contributed by atoms with Crippen LogP contribution in [0.2, 0.25) is 0 Å². The summed E-state index contributed by atoms with van der Waals surface area (Å²) in [5.74, 6) is 0.907. The van der Waals surface area contributed by atoms with Crippen LogP contribution in [0.4, 0.5) is 0 Å². The molecule has 0 atom stereocenters. The van der Waals surface area contributed by atoms with Crippen molar-refractivity contribution in [1.29, 1.82) is 0 Å². The van der Waals surface area contributed by atoms with Crippen LogP contribution in [0, 0.1) is 6.92 Å². The maximum Gasteiger partial charge on any atom is 0.255 e. The van der Waals surface area contributed by atoms with E-state index in [4.69, 9.17) is 4.74 Å². The predicted molar refractivity (Wildman–Crippen MR) is 89.7 cm³/mol. The van der Waals surface area contributed by atoms with Gasteiger partial charge in [0.25, 0.3) is 5.56 Å². The zero-order valence-corrected chi connectivity index (χ0v) is 13.3. The molecule has 0 saturated heterocycles. The molecule has 3 rings (SSSR count). The Morgan fingerprint density at radius 1 is 1.27 bits per heavy atom. The molecule has 1 fully saturated rings. The van der Waals surface area contributed by atoms with Crippen LogP contribution in [-0.2, 0) is 0 Å². The third-order valence-electron chi connectivity index (χ3n) is 4.53. The van der Waals surface area contributed by atoms with E-state index in [-0.39, 0.29) is 11.7 Å². The lowest BCUT2D eigenvalue weighted by Gasteiger charge is -2.29. The minimum atomic E-state index is -0.0432. The molecule has 0 unspecified atom stereocenters. The Kier molecular flexibility index (Phi) is 4.48. The predicted octanol–water partition coefficient (Wildman–Crippen LogP) is 3.14. The molecule has 2 N–H and O–H groups in total. The lowest BCUT2D eigenvalue weighted by molar-refractivity contribution is 0.139. The van der Waals surface area contributed by atoms with Crippen molar-refractivity contribution < 1.29 is 4.74 Å². The van der Waals surface area contributed by atoms with Gasteiger partial charge in [-0.25, -0.2) is 0 Å². The highest BCUT2D eigenvalue weighted by Crippen LogP contribution is 2.28. The Bertz CT molecular complexity index is 700. The first-order valence-electron chi connectivity index (χ1n) is 8.19. The van der Waals surface area contributed by atoms with Gasteiger partial charge in [0.15, 0.2) is 0 Å². The highest BCUT2D eigenvalue weighted by molar-refractivity contribution is 5.83. The fraction of sp³-hybridized carbons (Fsp3) is 0.500. The second kappa shape index (κ2) is 6.53. The van der Waals surface area contributed by atoms with Gasteiger partial charge in [0.05, 0.1) is 6.10 Å². The number of rotatable bonds is 4. The minimum absolute atomic E-state index is 0.0432. The molecule has 118 valence electrons. The number of nitrogens with one attached hydrogen (secondary N) is 2. The van der Waals surface area contributed by atoms with Crippen LogP contribution in [0.1, 0.15) is 38.2 Å². The molecule has 0 bridgehead atoms. The van der Waals surface area contributed by atoms with E-state index < -0.39 is 0 Å². The topological polar surface area (TPSA) is 54.1 Å². The summed E-state index contributed by atoms with van der Waals surface area (Å²) < 4.78 is 6.22. The minimum Gasteiger partial charge on any atom is -0.490 e. The van der Waals surface area contributed by atoms with E-state index in [0.717, 1.165) is 41.5 Å². The summed E-state index contributed by atoms with van der Waals surface area (Å²) in [6.45, 7) is 5.20. The number of hydrogen-bond acceptors (Lipinski definition) is 3. The number of aromatic amines is 1. The molecule has 4 nitrogen and oxygen atoms in total. The summed E-state index contributed by atoms with van der Waals surface area (Å²) in [5, 5.41) is 5.18.